The Morgan fingerprint density at radius 1 is 1.25 bits per heavy atom. The minimum atomic E-state index is -4.17. The highest BCUT2D eigenvalue weighted by Crippen LogP contribution is 2.15. The van der Waals surface area contributed by atoms with E-state index in [2.05, 4.69) is 4.74 Å². The van der Waals surface area contributed by atoms with E-state index in [4.69, 9.17) is 5.11 Å². The van der Waals surface area contributed by atoms with Crippen LogP contribution in [0, 0.1) is 0 Å². The summed E-state index contributed by atoms with van der Waals surface area (Å²) in [6.45, 7) is 1.12. The summed E-state index contributed by atoms with van der Waals surface area (Å²) in [5.74, 6) is -2.33. The highest BCUT2D eigenvalue weighted by atomic mass is 32.2. The number of rotatable bonds is 6. The van der Waals surface area contributed by atoms with E-state index in [0.29, 0.717) is 0 Å². The topological polar surface area (TPSA) is 110 Å². The van der Waals surface area contributed by atoms with Crippen molar-refractivity contribution in [3.8, 4) is 0 Å². The van der Waals surface area contributed by atoms with Gasteiger partial charge in [0, 0.05) is 0 Å². The fourth-order valence-electron chi connectivity index (χ4n) is 1.47. The smallest absolute Gasteiger partial charge is 0.326 e. The molecule has 1 aromatic rings. The summed E-state index contributed by atoms with van der Waals surface area (Å²) in [7, 11) is -3.11. The van der Waals surface area contributed by atoms with Crippen molar-refractivity contribution < 1.29 is 27.9 Å². The van der Waals surface area contributed by atoms with Crippen molar-refractivity contribution in [2.75, 3.05) is 7.11 Å². The lowest BCUT2D eigenvalue weighted by atomic mass is 10.1. The van der Waals surface area contributed by atoms with Crippen molar-refractivity contribution in [1.29, 1.82) is 0 Å². The van der Waals surface area contributed by atoms with Gasteiger partial charge in [0.25, 0.3) is 0 Å². The molecule has 0 aliphatic heterocycles. The van der Waals surface area contributed by atoms with E-state index in [1.807, 2.05) is 4.72 Å². The number of aliphatic carboxylic acids is 1. The van der Waals surface area contributed by atoms with Crippen molar-refractivity contribution >= 4 is 22.0 Å². The summed E-state index contributed by atoms with van der Waals surface area (Å²) in [5, 5.41) is 7.62. The van der Waals surface area contributed by atoms with E-state index in [9.17, 15) is 18.0 Å². The molecule has 8 heteroatoms. The van der Waals surface area contributed by atoms with Gasteiger partial charge in [-0.2, -0.15) is 4.72 Å². The number of carbonyl (C=O) groups is 2. The molecule has 2 N–H and O–H groups in total. The summed E-state index contributed by atoms with van der Waals surface area (Å²) in [6.07, 6.45) is 0. The number of carbonyl (C=O) groups excluding carboxylic acids is 1. The molecule has 0 saturated carbocycles. The average Bonchev–Trinajstić information content (AvgIpc) is 2.43. The molecular weight excluding hydrogens is 286 g/mol. The van der Waals surface area contributed by atoms with E-state index in [1.54, 1.807) is 18.2 Å². The first-order valence-corrected chi connectivity index (χ1v) is 7.21. The zero-order valence-corrected chi connectivity index (χ0v) is 11.8. The Kier molecular flexibility index (Phi) is 5.23. The average molecular weight is 301 g/mol. The van der Waals surface area contributed by atoms with Crippen LogP contribution in [-0.2, 0) is 24.3 Å². The van der Waals surface area contributed by atoms with E-state index >= 15 is 0 Å². The second kappa shape index (κ2) is 6.49. The Labute approximate surface area is 116 Å². The Morgan fingerprint density at radius 2 is 1.80 bits per heavy atom. The van der Waals surface area contributed by atoms with Gasteiger partial charge in [0.05, 0.1) is 7.11 Å². The third-order valence-corrected chi connectivity index (χ3v) is 4.35. The summed E-state index contributed by atoms with van der Waals surface area (Å²) in [6, 6.07) is 6.34. The molecule has 7 nitrogen and oxygen atoms in total. The van der Waals surface area contributed by atoms with Gasteiger partial charge in [0.1, 0.15) is 6.04 Å². The van der Waals surface area contributed by atoms with Crippen molar-refractivity contribution in [3.63, 3.8) is 0 Å². The number of methoxy groups -OCH3 is 1. The van der Waals surface area contributed by atoms with Crippen LogP contribution in [0.25, 0.3) is 0 Å². The van der Waals surface area contributed by atoms with Crippen LogP contribution in [0.1, 0.15) is 18.5 Å². The van der Waals surface area contributed by atoms with Crippen molar-refractivity contribution in [1.82, 2.24) is 4.72 Å². The molecular formula is C12H15NO6S. The predicted molar refractivity (Wildman–Crippen MR) is 70.4 cm³/mol. The molecule has 20 heavy (non-hydrogen) atoms. The van der Waals surface area contributed by atoms with Crippen LogP contribution in [0.2, 0.25) is 0 Å². The molecule has 0 aromatic heterocycles. The molecule has 1 aromatic carbocycles. The number of carboxylic acids is 1. The largest absolute Gasteiger partial charge is 0.480 e. The molecule has 0 bridgehead atoms. The number of carboxylic acid groups (broad SMARTS) is 1. The predicted octanol–water partition coefficient (Wildman–Crippen LogP) is 0.293. The highest BCUT2D eigenvalue weighted by molar-refractivity contribution is 7.90. The van der Waals surface area contributed by atoms with Crippen LogP contribution in [-0.4, -0.2) is 37.8 Å². The fourth-order valence-corrected chi connectivity index (χ4v) is 2.58. The van der Waals surface area contributed by atoms with Gasteiger partial charge >= 0.3 is 11.9 Å². The molecule has 0 spiro atoms. The normalized spacial score (nSPS) is 14.3. The molecule has 110 valence electrons. The zero-order valence-electron chi connectivity index (χ0n) is 10.9. The zero-order chi connectivity index (χ0) is 15.3. The van der Waals surface area contributed by atoms with Gasteiger partial charge in [-0.3, -0.25) is 9.59 Å². The van der Waals surface area contributed by atoms with Crippen LogP contribution < -0.4 is 4.72 Å². The summed E-state index contributed by atoms with van der Waals surface area (Å²) in [4.78, 5) is 22.5. The molecule has 0 saturated heterocycles. The first-order chi connectivity index (χ1) is 9.29. The molecule has 1 unspecified atom stereocenters. The molecule has 0 heterocycles. The third kappa shape index (κ3) is 3.78. The molecule has 0 fully saturated rings. The van der Waals surface area contributed by atoms with Gasteiger partial charge in [-0.15, -0.1) is 0 Å². The number of ether oxygens (including phenoxy) is 1. The van der Waals surface area contributed by atoms with Crippen molar-refractivity contribution in [2.45, 2.75) is 18.2 Å². The standard InChI is InChI=1S/C12H15NO6S/c1-8(12(16)19-2)20(17,18)13-10(11(14)15)9-6-4-3-5-7-9/h3-8,10,13H,1-2H3,(H,14,15)/t8?,10-/m0/s1. The van der Waals surface area contributed by atoms with E-state index in [0.717, 1.165) is 14.0 Å². The lowest BCUT2D eigenvalue weighted by Crippen LogP contribution is -2.42. The SMILES string of the molecule is COC(=O)C(C)S(=O)(=O)N[C@H](C(=O)O)c1ccccc1. The minimum absolute atomic E-state index is 0.264. The second-order valence-corrected chi connectivity index (χ2v) is 6.04. The van der Waals surface area contributed by atoms with Gasteiger partial charge in [0.2, 0.25) is 10.0 Å². The molecule has 0 aliphatic carbocycles. The van der Waals surface area contributed by atoms with Crippen molar-refractivity contribution in [2.24, 2.45) is 0 Å². The first-order valence-electron chi connectivity index (χ1n) is 5.66. The van der Waals surface area contributed by atoms with Crippen LogP contribution in [0.5, 0.6) is 0 Å². The van der Waals surface area contributed by atoms with Crippen LogP contribution in [0.3, 0.4) is 0 Å². The number of esters is 1. The fraction of sp³-hybridized carbons (Fsp3) is 0.333. The van der Waals surface area contributed by atoms with E-state index in [-0.39, 0.29) is 5.56 Å². The van der Waals surface area contributed by atoms with Crippen LogP contribution >= 0.6 is 0 Å². The summed E-state index contributed by atoms with van der Waals surface area (Å²) < 4.78 is 30.2. The quantitative estimate of drug-likeness (QED) is 0.731. The van der Waals surface area contributed by atoms with Gasteiger partial charge in [0.15, 0.2) is 5.25 Å². The third-order valence-electron chi connectivity index (χ3n) is 2.66. The molecule has 2 atom stereocenters. The lowest BCUT2D eigenvalue weighted by molar-refractivity contribution is -0.141. The maximum absolute atomic E-state index is 11.9. The number of hydrogen-bond acceptors (Lipinski definition) is 5. The Bertz CT molecular complexity index is 583. The molecule has 0 aliphatic rings. The molecule has 0 radical (unpaired) electrons. The maximum Gasteiger partial charge on any atom is 0.326 e. The number of benzene rings is 1. The first kappa shape index (κ1) is 16.1. The molecule has 1 rings (SSSR count). The Hall–Kier alpha value is -1.93. The Balaban J connectivity index is 3.03. The van der Waals surface area contributed by atoms with Crippen LogP contribution in [0.4, 0.5) is 0 Å². The van der Waals surface area contributed by atoms with Gasteiger partial charge in [-0.05, 0) is 12.5 Å². The van der Waals surface area contributed by atoms with E-state index in [1.165, 1.54) is 12.1 Å². The van der Waals surface area contributed by atoms with Crippen molar-refractivity contribution in [3.05, 3.63) is 35.9 Å². The monoisotopic (exact) mass is 301 g/mol. The van der Waals surface area contributed by atoms with Gasteiger partial charge < -0.3 is 9.84 Å². The lowest BCUT2D eigenvalue weighted by Gasteiger charge is -2.17. The maximum atomic E-state index is 11.9. The highest BCUT2D eigenvalue weighted by Gasteiger charge is 2.33. The molecule has 0 amide bonds. The number of hydrogen-bond donors (Lipinski definition) is 2. The summed E-state index contributed by atoms with van der Waals surface area (Å²) in [5.41, 5.74) is 0.264. The van der Waals surface area contributed by atoms with Gasteiger partial charge in [-0.1, -0.05) is 30.3 Å². The summed E-state index contributed by atoms with van der Waals surface area (Å²) >= 11 is 0. The minimum Gasteiger partial charge on any atom is -0.480 e. The Morgan fingerprint density at radius 3 is 2.25 bits per heavy atom. The number of sulfonamides is 1. The van der Waals surface area contributed by atoms with Gasteiger partial charge in [-0.25, -0.2) is 8.42 Å². The number of nitrogens with one attached hydrogen (secondary N) is 1. The van der Waals surface area contributed by atoms with Crippen LogP contribution in [0.15, 0.2) is 30.3 Å². The second-order valence-electron chi connectivity index (χ2n) is 4.01. The van der Waals surface area contributed by atoms with E-state index < -0.39 is 33.3 Å².